The zero-order chi connectivity index (χ0) is 11.5. The highest BCUT2D eigenvalue weighted by Gasteiger charge is 2.12. The molecule has 3 nitrogen and oxygen atoms in total. The van der Waals surface area contributed by atoms with Crippen LogP contribution in [0.4, 0.5) is 5.69 Å². The molecule has 0 radical (unpaired) electrons. The summed E-state index contributed by atoms with van der Waals surface area (Å²) in [6.45, 7) is 6.19. The molecule has 0 unspecified atom stereocenters. The topological polar surface area (TPSA) is 59.1 Å². The van der Waals surface area contributed by atoms with E-state index >= 15 is 0 Å². The predicted octanol–water partition coefficient (Wildman–Crippen LogP) is 2.45. The SMILES string of the molecule is CC(C)(C)OCC(=N)c1ccccc1N. The second-order valence-electron chi connectivity index (χ2n) is 4.47. The molecule has 0 aliphatic carbocycles. The summed E-state index contributed by atoms with van der Waals surface area (Å²) in [5.74, 6) is 0. The van der Waals surface area contributed by atoms with Crippen LogP contribution in [0.5, 0.6) is 0 Å². The van der Waals surface area contributed by atoms with Crippen molar-refractivity contribution in [3.63, 3.8) is 0 Å². The number of nitrogen functional groups attached to an aromatic ring is 1. The van der Waals surface area contributed by atoms with Crippen LogP contribution in [0.15, 0.2) is 24.3 Å². The molecule has 15 heavy (non-hydrogen) atoms. The first-order valence-corrected chi connectivity index (χ1v) is 4.96. The van der Waals surface area contributed by atoms with E-state index in [2.05, 4.69) is 0 Å². The molecule has 0 saturated heterocycles. The maximum atomic E-state index is 7.85. The molecule has 82 valence electrons. The van der Waals surface area contributed by atoms with Crippen molar-refractivity contribution in [1.29, 1.82) is 5.41 Å². The Balaban J connectivity index is 2.66. The van der Waals surface area contributed by atoms with Crippen LogP contribution in [0.25, 0.3) is 0 Å². The number of nitrogens with one attached hydrogen (secondary N) is 1. The molecule has 3 heteroatoms. The highest BCUT2D eigenvalue weighted by atomic mass is 16.5. The molecule has 1 aromatic carbocycles. The van der Waals surface area contributed by atoms with Crippen LogP contribution in [-0.4, -0.2) is 17.9 Å². The predicted molar refractivity (Wildman–Crippen MR) is 63.4 cm³/mol. The minimum atomic E-state index is -0.226. The van der Waals surface area contributed by atoms with Gasteiger partial charge in [-0.1, -0.05) is 18.2 Å². The van der Waals surface area contributed by atoms with E-state index in [1.807, 2.05) is 39.0 Å². The lowest BCUT2D eigenvalue weighted by atomic mass is 10.1. The normalized spacial score (nSPS) is 11.4. The first kappa shape index (κ1) is 11.7. The number of ether oxygens (including phenoxy) is 1. The summed E-state index contributed by atoms with van der Waals surface area (Å²) in [6.07, 6.45) is 0. The van der Waals surface area contributed by atoms with Crippen molar-refractivity contribution in [2.45, 2.75) is 26.4 Å². The number of benzene rings is 1. The molecule has 3 N–H and O–H groups in total. The van der Waals surface area contributed by atoms with Gasteiger partial charge in [0.25, 0.3) is 0 Å². The van der Waals surface area contributed by atoms with Crippen LogP contribution in [-0.2, 0) is 4.74 Å². The highest BCUT2D eigenvalue weighted by Crippen LogP contribution is 2.13. The molecule has 0 aromatic heterocycles. The third-order valence-corrected chi connectivity index (χ3v) is 1.94. The lowest BCUT2D eigenvalue weighted by Gasteiger charge is -2.20. The van der Waals surface area contributed by atoms with Gasteiger partial charge in [-0.2, -0.15) is 0 Å². The number of para-hydroxylation sites is 1. The van der Waals surface area contributed by atoms with Crippen LogP contribution in [0.2, 0.25) is 0 Å². The van der Waals surface area contributed by atoms with Gasteiger partial charge >= 0.3 is 0 Å². The Hall–Kier alpha value is -1.35. The van der Waals surface area contributed by atoms with Gasteiger partial charge in [-0.05, 0) is 26.8 Å². The lowest BCUT2D eigenvalue weighted by molar-refractivity contribution is 0.0213. The first-order chi connectivity index (χ1) is 6.90. The summed E-state index contributed by atoms with van der Waals surface area (Å²) in [5.41, 5.74) is 7.33. The average molecular weight is 206 g/mol. The second kappa shape index (κ2) is 4.45. The Morgan fingerprint density at radius 1 is 1.33 bits per heavy atom. The minimum Gasteiger partial charge on any atom is -0.398 e. The summed E-state index contributed by atoms with van der Waals surface area (Å²) in [6, 6.07) is 7.36. The summed E-state index contributed by atoms with van der Waals surface area (Å²) >= 11 is 0. The summed E-state index contributed by atoms with van der Waals surface area (Å²) in [5, 5.41) is 7.85. The van der Waals surface area contributed by atoms with Crippen LogP contribution < -0.4 is 5.73 Å². The maximum absolute atomic E-state index is 7.85. The molecular weight excluding hydrogens is 188 g/mol. The number of hydrogen-bond acceptors (Lipinski definition) is 3. The molecule has 1 aromatic rings. The van der Waals surface area contributed by atoms with Crippen molar-refractivity contribution in [3.05, 3.63) is 29.8 Å². The third kappa shape index (κ3) is 3.72. The number of anilines is 1. The molecule has 0 atom stereocenters. The summed E-state index contributed by atoms with van der Waals surface area (Å²) < 4.78 is 5.52. The van der Waals surface area contributed by atoms with Crippen LogP contribution >= 0.6 is 0 Å². The van der Waals surface area contributed by atoms with Crippen molar-refractivity contribution in [1.82, 2.24) is 0 Å². The third-order valence-electron chi connectivity index (χ3n) is 1.94. The minimum absolute atomic E-state index is 0.226. The van der Waals surface area contributed by atoms with Crippen molar-refractivity contribution >= 4 is 11.4 Å². The number of rotatable bonds is 3. The Morgan fingerprint density at radius 3 is 2.47 bits per heavy atom. The van der Waals surface area contributed by atoms with E-state index in [1.54, 1.807) is 6.07 Å². The Labute approximate surface area is 90.8 Å². The summed E-state index contributed by atoms with van der Waals surface area (Å²) in [4.78, 5) is 0. The van der Waals surface area contributed by atoms with E-state index in [0.717, 1.165) is 5.56 Å². The fraction of sp³-hybridized carbons (Fsp3) is 0.417. The zero-order valence-electron chi connectivity index (χ0n) is 9.50. The Kier molecular flexibility index (Phi) is 3.48. The molecule has 1 rings (SSSR count). The zero-order valence-corrected chi connectivity index (χ0v) is 9.50. The number of nitrogens with two attached hydrogens (primary N) is 1. The Morgan fingerprint density at radius 2 is 1.93 bits per heavy atom. The molecule has 0 saturated carbocycles. The average Bonchev–Trinajstić information content (AvgIpc) is 2.14. The molecule has 0 fully saturated rings. The van der Waals surface area contributed by atoms with E-state index < -0.39 is 0 Å². The van der Waals surface area contributed by atoms with E-state index in [9.17, 15) is 0 Å². The van der Waals surface area contributed by atoms with Gasteiger partial charge in [-0.25, -0.2) is 0 Å². The fourth-order valence-electron chi connectivity index (χ4n) is 1.14. The largest absolute Gasteiger partial charge is 0.398 e. The Bertz CT molecular complexity index is 353. The number of hydrogen-bond donors (Lipinski definition) is 2. The summed E-state index contributed by atoms with van der Waals surface area (Å²) in [7, 11) is 0. The van der Waals surface area contributed by atoms with E-state index in [-0.39, 0.29) is 12.2 Å². The molecule has 0 bridgehead atoms. The maximum Gasteiger partial charge on any atom is 0.0894 e. The molecule has 0 spiro atoms. The molecule has 0 heterocycles. The van der Waals surface area contributed by atoms with E-state index in [1.165, 1.54) is 0 Å². The van der Waals surface area contributed by atoms with Gasteiger partial charge in [0.05, 0.1) is 17.9 Å². The fourth-order valence-corrected chi connectivity index (χ4v) is 1.14. The monoisotopic (exact) mass is 206 g/mol. The van der Waals surface area contributed by atoms with Crippen LogP contribution in [0, 0.1) is 5.41 Å². The van der Waals surface area contributed by atoms with Gasteiger partial charge in [-0.15, -0.1) is 0 Å². The van der Waals surface area contributed by atoms with Crippen molar-refractivity contribution in [3.8, 4) is 0 Å². The van der Waals surface area contributed by atoms with Gasteiger partial charge in [0.2, 0.25) is 0 Å². The lowest BCUT2D eigenvalue weighted by Crippen LogP contribution is -2.24. The molecule has 0 aliphatic rings. The first-order valence-electron chi connectivity index (χ1n) is 4.96. The second-order valence-corrected chi connectivity index (χ2v) is 4.47. The van der Waals surface area contributed by atoms with Crippen molar-refractivity contribution < 1.29 is 4.74 Å². The van der Waals surface area contributed by atoms with E-state index in [0.29, 0.717) is 11.4 Å². The van der Waals surface area contributed by atoms with E-state index in [4.69, 9.17) is 15.9 Å². The van der Waals surface area contributed by atoms with Gasteiger partial charge < -0.3 is 15.9 Å². The smallest absolute Gasteiger partial charge is 0.0894 e. The van der Waals surface area contributed by atoms with Gasteiger partial charge in [0, 0.05) is 11.3 Å². The van der Waals surface area contributed by atoms with Crippen LogP contribution in [0.3, 0.4) is 0 Å². The van der Waals surface area contributed by atoms with Crippen LogP contribution in [0.1, 0.15) is 26.3 Å². The van der Waals surface area contributed by atoms with Crippen molar-refractivity contribution in [2.75, 3.05) is 12.3 Å². The van der Waals surface area contributed by atoms with Gasteiger partial charge in [0.15, 0.2) is 0 Å². The van der Waals surface area contributed by atoms with Gasteiger partial charge in [-0.3, -0.25) is 0 Å². The standard InChI is InChI=1S/C12H18N2O/c1-12(2,3)15-8-11(14)9-6-4-5-7-10(9)13/h4-7,14H,8,13H2,1-3H3. The molecular formula is C12H18N2O. The van der Waals surface area contributed by atoms with Gasteiger partial charge in [0.1, 0.15) is 0 Å². The molecule has 0 amide bonds. The molecule has 0 aliphatic heterocycles. The highest BCUT2D eigenvalue weighted by molar-refractivity contribution is 6.03. The quantitative estimate of drug-likeness (QED) is 0.589. The van der Waals surface area contributed by atoms with Crippen molar-refractivity contribution in [2.24, 2.45) is 0 Å².